The Morgan fingerprint density at radius 2 is 2.05 bits per heavy atom. The molecule has 1 unspecified atom stereocenters. The highest BCUT2D eigenvalue weighted by molar-refractivity contribution is 9.10. The molecule has 0 radical (unpaired) electrons. The molecule has 1 aromatic heterocycles. The number of hydrogen-bond donors (Lipinski definition) is 2. The van der Waals surface area contributed by atoms with Crippen LogP contribution in [0.25, 0.3) is 0 Å². The lowest BCUT2D eigenvalue weighted by atomic mass is 10.0. The van der Waals surface area contributed by atoms with Crippen LogP contribution in [-0.4, -0.2) is 23.5 Å². The van der Waals surface area contributed by atoms with E-state index in [4.69, 9.17) is 0 Å². The molecule has 0 saturated heterocycles. The lowest BCUT2D eigenvalue weighted by Crippen LogP contribution is -2.33. The maximum Gasteiger partial charge on any atom is 0.255 e. The SMILES string of the molecule is CCCNc1ncc(Br)cc1C(=O)NC(C)CCC(C)C. The summed E-state index contributed by atoms with van der Waals surface area (Å²) in [4.78, 5) is 16.7. The molecule has 118 valence electrons. The van der Waals surface area contributed by atoms with Gasteiger partial charge in [0, 0.05) is 23.3 Å². The quantitative estimate of drug-likeness (QED) is 0.733. The van der Waals surface area contributed by atoms with Gasteiger partial charge in [0.1, 0.15) is 5.82 Å². The Morgan fingerprint density at radius 1 is 1.33 bits per heavy atom. The van der Waals surface area contributed by atoms with Gasteiger partial charge < -0.3 is 10.6 Å². The van der Waals surface area contributed by atoms with E-state index in [1.165, 1.54) is 0 Å². The summed E-state index contributed by atoms with van der Waals surface area (Å²) in [6.45, 7) is 9.32. The molecule has 0 aliphatic heterocycles. The first-order valence-electron chi connectivity index (χ1n) is 7.64. The van der Waals surface area contributed by atoms with E-state index >= 15 is 0 Å². The second-order valence-electron chi connectivity index (χ2n) is 5.82. The van der Waals surface area contributed by atoms with Crippen molar-refractivity contribution in [3.63, 3.8) is 0 Å². The maximum absolute atomic E-state index is 12.4. The van der Waals surface area contributed by atoms with Gasteiger partial charge in [0.2, 0.25) is 0 Å². The smallest absolute Gasteiger partial charge is 0.255 e. The molecule has 5 heteroatoms. The number of rotatable bonds is 8. The average molecular weight is 356 g/mol. The minimum absolute atomic E-state index is 0.0707. The lowest BCUT2D eigenvalue weighted by molar-refractivity contribution is 0.0937. The van der Waals surface area contributed by atoms with Gasteiger partial charge in [0.15, 0.2) is 0 Å². The predicted octanol–water partition coefficient (Wildman–Crippen LogP) is 4.22. The second kappa shape index (κ2) is 9.03. The fraction of sp³-hybridized carbons (Fsp3) is 0.625. The van der Waals surface area contributed by atoms with Crippen molar-refractivity contribution < 1.29 is 4.79 Å². The van der Waals surface area contributed by atoms with Crippen LogP contribution in [-0.2, 0) is 0 Å². The average Bonchev–Trinajstić information content (AvgIpc) is 2.43. The number of anilines is 1. The highest BCUT2D eigenvalue weighted by Gasteiger charge is 2.15. The van der Waals surface area contributed by atoms with Crippen molar-refractivity contribution in [3.8, 4) is 0 Å². The number of halogens is 1. The Labute approximate surface area is 136 Å². The molecule has 1 atom stereocenters. The van der Waals surface area contributed by atoms with Gasteiger partial charge in [-0.2, -0.15) is 0 Å². The number of nitrogens with one attached hydrogen (secondary N) is 2. The van der Waals surface area contributed by atoms with Gasteiger partial charge in [-0.15, -0.1) is 0 Å². The largest absolute Gasteiger partial charge is 0.369 e. The van der Waals surface area contributed by atoms with Crippen LogP contribution in [0.3, 0.4) is 0 Å². The maximum atomic E-state index is 12.4. The molecule has 1 rings (SSSR count). The number of carbonyl (C=O) groups excluding carboxylic acids is 1. The molecular weight excluding hydrogens is 330 g/mol. The summed E-state index contributed by atoms with van der Waals surface area (Å²) in [6.07, 6.45) is 4.79. The third-order valence-electron chi connectivity index (χ3n) is 3.20. The molecule has 1 amide bonds. The molecular formula is C16H26BrN3O. The van der Waals surface area contributed by atoms with E-state index < -0.39 is 0 Å². The third-order valence-corrected chi connectivity index (χ3v) is 3.63. The zero-order valence-corrected chi connectivity index (χ0v) is 15.0. The van der Waals surface area contributed by atoms with Gasteiger partial charge in [-0.05, 0) is 54.1 Å². The molecule has 4 nitrogen and oxygen atoms in total. The van der Waals surface area contributed by atoms with Crippen LogP contribution in [0.4, 0.5) is 5.82 Å². The van der Waals surface area contributed by atoms with Crippen molar-refractivity contribution in [1.82, 2.24) is 10.3 Å². The molecule has 0 spiro atoms. The summed E-state index contributed by atoms with van der Waals surface area (Å²) in [5.41, 5.74) is 0.592. The van der Waals surface area contributed by atoms with Gasteiger partial charge in [-0.1, -0.05) is 20.8 Å². The third kappa shape index (κ3) is 6.46. The van der Waals surface area contributed by atoms with Crippen molar-refractivity contribution in [3.05, 3.63) is 22.3 Å². The molecule has 0 aliphatic rings. The Hall–Kier alpha value is -1.10. The highest BCUT2D eigenvalue weighted by atomic mass is 79.9. The van der Waals surface area contributed by atoms with Crippen LogP contribution in [0.1, 0.15) is 57.3 Å². The van der Waals surface area contributed by atoms with Crippen LogP contribution >= 0.6 is 15.9 Å². The van der Waals surface area contributed by atoms with Crippen LogP contribution in [0.2, 0.25) is 0 Å². The van der Waals surface area contributed by atoms with E-state index in [2.05, 4.69) is 52.3 Å². The second-order valence-corrected chi connectivity index (χ2v) is 6.74. The van der Waals surface area contributed by atoms with Gasteiger partial charge in [-0.25, -0.2) is 4.98 Å². The van der Waals surface area contributed by atoms with Gasteiger partial charge >= 0.3 is 0 Å². The van der Waals surface area contributed by atoms with Crippen molar-refractivity contribution in [2.75, 3.05) is 11.9 Å². The molecule has 0 saturated carbocycles. The monoisotopic (exact) mass is 355 g/mol. The normalized spacial score (nSPS) is 12.3. The van der Waals surface area contributed by atoms with Gasteiger partial charge in [0.25, 0.3) is 5.91 Å². The molecule has 0 fully saturated rings. The first-order valence-corrected chi connectivity index (χ1v) is 8.43. The van der Waals surface area contributed by atoms with E-state index in [1.807, 2.05) is 13.0 Å². The molecule has 21 heavy (non-hydrogen) atoms. The summed E-state index contributed by atoms with van der Waals surface area (Å²) in [5, 5.41) is 6.26. The summed E-state index contributed by atoms with van der Waals surface area (Å²) in [7, 11) is 0. The number of pyridine rings is 1. The van der Waals surface area contributed by atoms with E-state index in [-0.39, 0.29) is 11.9 Å². The van der Waals surface area contributed by atoms with Gasteiger partial charge in [-0.3, -0.25) is 4.79 Å². The van der Waals surface area contributed by atoms with E-state index in [9.17, 15) is 4.79 Å². The molecule has 1 aromatic rings. The molecule has 0 aromatic carbocycles. The van der Waals surface area contributed by atoms with E-state index in [0.29, 0.717) is 17.3 Å². The fourth-order valence-corrected chi connectivity index (χ4v) is 2.28. The molecule has 1 heterocycles. The van der Waals surface area contributed by atoms with Crippen molar-refractivity contribution in [2.24, 2.45) is 5.92 Å². The van der Waals surface area contributed by atoms with Crippen molar-refractivity contribution in [2.45, 2.75) is 53.0 Å². The first kappa shape index (κ1) is 18.0. The summed E-state index contributed by atoms with van der Waals surface area (Å²) >= 11 is 3.38. The van der Waals surface area contributed by atoms with Gasteiger partial charge in [0.05, 0.1) is 5.56 Å². The number of hydrogen-bond acceptors (Lipinski definition) is 3. The Morgan fingerprint density at radius 3 is 2.67 bits per heavy atom. The summed E-state index contributed by atoms with van der Waals surface area (Å²) in [5.74, 6) is 1.23. The Bertz CT molecular complexity index is 463. The van der Waals surface area contributed by atoms with E-state index in [0.717, 1.165) is 30.3 Å². The highest BCUT2D eigenvalue weighted by Crippen LogP contribution is 2.18. The minimum atomic E-state index is -0.0707. The number of nitrogens with zero attached hydrogens (tertiary/aromatic N) is 1. The number of aromatic nitrogens is 1. The van der Waals surface area contributed by atoms with Crippen LogP contribution in [0, 0.1) is 5.92 Å². The molecule has 0 bridgehead atoms. The summed E-state index contributed by atoms with van der Waals surface area (Å²) < 4.78 is 0.810. The van der Waals surface area contributed by atoms with Crippen LogP contribution in [0.5, 0.6) is 0 Å². The zero-order valence-electron chi connectivity index (χ0n) is 13.4. The van der Waals surface area contributed by atoms with Crippen molar-refractivity contribution in [1.29, 1.82) is 0 Å². The fourth-order valence-electron chi connectivity index (χ4n) is 1.95. The molecule has 2 N–H and O–H groups in total. The summed E-state index contributed by atoms with van der Waals surface area (Å²) in [6, 6.07) is 1.98. The zero-order chi connectivity index (χ0) is 15.8. The predicted molar refractivity (Wildman–Crippen MR) is 91.7 cm³/mol. The van der Waals surface area contributed by atoms with Crippen LogP contribution in [0.15, 0.2) is 16.7 Å². The topological polar surface area (TPSA) is 54.0 Å². The Kier molecular flexibility index (Phi) is 7.72. The van der Waals surface area contributed by atoms with Crippen molar-refractivity contribution >= 4 is 27.7 Å². The standard InChI is InChI=1S/C16H26BrN3O/c1-5-8-18-15-14(9-13(17)10-19-15)16(21)20-12(4)7-6-11(2)3/h9-12H,5-8H2,1-4H3,(H,18,19)(H,20,21). The van der Waals surface area contributed by atoms with Crippen LogP contribution < -0.4 is 10.6 Å². The first-order chi connectivity index (χ1) is 9.93. The van der Waals surface area contributed by atoms with E-state index in [1.54, 1.807) is 6.20 Å². The number of amides is 1. The minimum Gasteiger partial charge on any atom is -0.369 e. The molecule has 0 aliphatic carbocycles. The lowest BCUT2D eigenvalue weighted by Gasteiger charge is -2.17. The Balaban J connectivity index is 2.73. The number of carbonyl (C=O) groups is 1.